The van der Waals surface area contributed by atoms with E-state index < -0.39 is 27.8 Å². The summed E-state index contributed by atoms with van der Waals surface area (Å²) in [6.07, 6.45) is 1.31. The van der Waals surface area contributed by atoms with Crippen molar-refractivity contribution in [3.63, 3.8) is 0 Å². The molecular formula is C21H27FN2O3S. The molecule has 1 amide bonds. The number of carbonyl (C=O) groups excluding carboxylic acids is 1. The van der Waals surface area contributed by atoms with Gasteiger partial charge in [-0.3, -0.25) is 9.10 Å². The SMILES string of the molecule is CC[C@H](C(=O)N[C@@H](C)c1ccc(C)c(C)c1)N(c1ccc(F)cc1)S(C)(=O)=O. The molecule has 2 rings (SSSR count). The van der Waals surface area contributed by atoms with Crippen LogP contribution in [-0.4, -0.2) is 26.6 Å². The molecule has 0 aliphatic carbocycles. The van der Waals surface area contributed by atoms with Gasteiger partial charge in [-0.2, -0.15) is 0 Å². The van der Waals surface area contributed by atoms with E-state index in [0.717, 1.165) is 27.3 Å². The number of nitrogens with zero attached hydrogens (tertiary/aromatic N) is 1. The summed E-state index contributed by atoms with van der Waals surface area (Å²) in [6.45, 7) is 7.62. The Hall–Kier alpha value is -2.41. The highest BCUT2D eigenvalue weighted by Gasteiger charge is 2.32. The topological polar surface area (TPSA) is 66.5 Å². The third-order valence-electron chi connectivity index (χ3n) is 4.80. The predicted molar refractivity (Wildman–Crippen MR) is 110 cm³/mol. The van der Waals surface area contributed by atoms with Crippen molar-refractivity contribution < 1.29 is 17.6 Å². The van der Waals surface area contributed by atoms with E-state index in [1.54, 1.807) is 6.92 Å². The van der Waals surface area contributed by atoms with Crippen LogP contribution in [0, 0.1) is 19.7 Å². The van der Waals surface area contributed by atoms with Gasteiger partial charge in [-0.05, 0) is 68.1 Å². The third-order valence-corrected chi connectivity index (χ3v) is 5.98. The van der Waals surface area contributed by atoms with Crippen LogP contribution in [0.15, 0.2) is 42.5 Å². The molecule has 1 N–H and O–H groups in total. The van der Waals surface area contributed by atoms with Crippen molar-refractivity contribution in [2.45, 2.75) is 46.2 Å². The Morgan fingerprint density at radius 1 is 1.11 bits per heavy atom. The summed E-state index contributed by atoms with van der Waals surface area (Å²) in [5.74, 6) is -0.874. The first-order valence-electron chi connectivity index (χ1n) is 9.17. The molecule has 28 heavy (non-hydrogen) atoms. The standard InChI is InChI=1S/C21H27FN2O3S/c1-6-20(24(28(5,26)27)19-11-9-18(22)10-12-19)21(25)23-16(4)17-8-7-14(2)15(3)13-17/h7-13,16,20H,6H2,1-5H3,(H,23,25)/t16-,20+/m0/s1. The minimum atomic E-state index is -3.75. The summed E-state index contributed by atoms with van der Waals surface area (Å²) in [5, 5.41) is 2.91. The molecule has 7 heteroatoms. The number of benzene rings is 2. The summed E-state index contributed by atoms with van der Waals surface area (Å²) in [4.78, 5) is 12.9. The van der Waals surface area contributed by atoms with E-state index in [1.807, 2.05) is 39.0 Å². The van der Waals surface area contributed by atoms with Gasteiger partial charge in [-0.1, -0.05) is 25.1 Å². The fraction of sp³-hybridized carbons (Fsp3) is 0.381. The highest BCUT2D eigenvalue weighted by atomic mass is 32.2. The fourth-order valence-electron chi connectivity index (χ4n) is 3.08. The maximum absolute atomic E-state index is 13.3. The molecule has 0 saturated heterocycles. The van der Waals surface area contributed by atoms with Crippen LogP contribution >= 0.6 is 0 Å². The second-order valence-electron chi connectivity index (χ2n) is 7.03. The highest BCUT2D eigenvalue weighted by molar-refractivity contribution is 7.92. The number of aryl methyl sites for hydroxylation is 2. The Balaban J connectivity index is 2.30. The van der Waals surface area contributed by atoms with Gasteiger partial charge in [0.2, 0.25) is 15.9 Å². The zero-order valence-electron chi connectivity index (χ0n) is 16.9. The van der Waals surface area contributed by atoms with Gasteiger partial charge in [0.15, 0.2) is 0 Å². The minimum Gasteiger partial charge on any atom is -0.348 e. The van der Waals surface area contributed by atoms with Gasteiger partial charge in [0.05, 0.1) is 18.0 Å². The van der Waals surface area contributed by atoms with Crippen LogP contribution in [0.5, 0.6) is 0 Å². The lowest BCUT2D eigenvalue weighted by Gasteiger charge is -2.31. The van der Waals surface area contributed by atoms with E-state index in [4.69, 9.17) is 0 Å². The molecule has 0 saturated carbocycles. The van der Waals surface area contributed by atoms with E-state index in [9.17, 15) is 17.6 Å². The Kier molecular flexibility index (Phi) is 6.82. The molecule has 0 bridgehead atoms. The highest BCUT2D eigenvalue weighted by Crippen LogP contribution is 2.24. The summed E-state index contributed by atoms with van der Waals surface area (Å²) in [7, 11) is -3.75. The number of rotatable bonds is 7. The maximum atomic E-state index is 13.3. The van der Waals surface area contributed by atoms with Gasteiger partial charge in [-0.25, -0.2) is 12.8 Å². The number of amides is 1. The molecule has 0 aromatic heterocycles. The first-order chi connectivity index (χ1) is 13.0. The van der Waals surface area contributed by atoms with Crippen LogP contribution in [0.3, 0.4) is 0 Å². The van der Waals surface area contributed by atoms with Gasteiger partial charge < -0.3 is 5.32 Å². The van der Waals surface area contributed by atoms with Crippen molar-refractivity contribution >= 4 is 21.6 Å². The van der Waals surface area contributed by atoms with Gasteiger partial charge in [-0.15, -0.1) is 0 Å². The molecular weight excluding hydrogens is 379 g/mol. The average molecular weight is 407 g/mol. The summed E-state index contributed by atoms with van der Waals surface area (Å²) in [6, 6.07) is 9.80. The summed E-state index contributed by atoms with van der Waals surface area (Å²) in [5.41, 5.74) is 3.48. The number of anilines is 1. The zero-order chi connectivity index (χ0) is 21.1. The first kappa shape index (κ1) is 21.9. The van der Waals surface area contributed by atoms with Crippen molar-refractivity contribution in [2.75, 3.05) is 10.6 Å². The zero-order valence-corrected chi connectivity index (χ0v) is 17.7. The number of carbonyl (C=O) groups is 1. The lowest BCUT2D eigenvalue weighted by molar-refractivity contribution is -0.122. The Morgan fingerprint density at radius 2 is 1.71 bits per heavy atom. The minimum absolute atomic E-state index is 0.254. The van der Waals surface area contributed by atoms with E-state index in [1.165, 1.54) is 24.3 Å². The molecule has 2 aromatic carbocycles. The van der Waals surface area contributed by atoms with Crippen molar-refractivity contribution in [1.29, 1.82) is 0 Å². The smallest absolute Gasteiger partial charge is 0.244 e. The number of hydrogen-bond donors (Lipinski definition) is 1. The van der Waals surface area contributed by atoms with E-state index in [-0.39, 0.29) is 18.2 Å². The molecule has 0 radical (unpaired) electrons. The van der Waals surface area contributed by atoms with Crippen LogP contribution in [0.25, 0.3) is 0 Å². The lowest BCUT2D eigenvalue weighted by Crippen LogP contribution is -2.49. The summed E-state index contributed by atoms with van der Waals surface area (Å²) >= 11 is 0. The summed E-state index contributed by atoms with van der Waals surface area (Å²) < 4.78 is 39.1. The normalized spacial score (nSPS) is 13.6. The number of nitrogens with one attached hydrogen (secondary N) is 1. The van der Waals surface area contributed by atoms with Crippen molar-refractivity contribution in [1.82, 2.24) is 5.32 Å². The molecule has 0 unspecified atom stereocenters. The fourth-order valence-corrected chi connectivity index (χ4v) is 4.29. The van der Waals surface area contributed by atoms with Gasteiger partial charge in [0.25, 0.3) is 0 Å². The first-order valence-corrected chi connectivity index (χ1v) is 11.0. The molecule has 0 spiro atoms. The largest absolute Gasteiger partial charge is 0.348 e. The van der Waals surface area contributed by atoms with Crippen molar-refractivity contribution in [2.24, 2.45) is 0 Å². The maximum Gasteiger partial charge on any atom is 0.244 e. The van der Waals surface area contributed by atoms with Crippen molar-refractivity contribution in [3.8, 4) is 0 Å². The van der Waals surface area contributed by atoms with Crippen molar-refractivity contribution in [3.05, 3.63) is 65.0 Å². The monoisotopic (exact) mass is 406 g/mol. The van der Waals surface area contributed by atoms with E-state index >= 15 is 0 Å². The van der Waals surface area contributed by atoms with E-state index in [0.29, 0.717) is 0 Å². The average Bonchev–Trinajstić information content (AvgIpc) is 2.61. The number of hydrogen-bond acceptors (Lipinski definition) is 3. The Morgan fingerprint density at radius 3 is 2.21 bits per heavy atom. The number of sulfonamides is 1. The Labute approximate surface area is 166 Å². The van der Waals surface area contributed by atoms with Crippen LogP contribution in [-0.2, 0) is 14.8 Å². The predicted octanol–water partition coefficient (Wildman–Crippen LogP) is 3.86. The molecule has 0 fully saturated rings. The third kappa shape index (κ3) is 5.10. The molecule has 2 aromatic rings. The Bertz CT molecular complexity index is 943. The molecule has 5 nitrogen and oxygen atoms in total. The second kappa shape index (κ2) is 8.73. The van der Waals surface area contributed by atoms with Crippen LogP contribution in [0.2, 0.25) is 0 Å². The van der Waals surface area contributed by atoms with E-state index in [2.05, 4.69) is 5.32 Å². The molecule has 0 aliphatic heterocycles. The van der Waals surface area contributed by atoms with Gasteiger partial charge in [0, 0.05) is 0 Å². The quantitative estimate of drug-likeness (QED) is 0.759. The van der Waals surface area contributed by atoms with Crippen LogP contribution < -0.4 is 9.62 Å². The van der Waals surface area contributed by atoms with Crippen LogP contribution in [0.1, 0.15) is 43.0 Å². The lowest BCUT2D eigenvalue weighted by atomic mass is 10.0. The number of halogens is 1. The van der Waals surface area contributed by atoms with Gasteiger partial charge >= 0.3 is 0 Å². The second-order valence-corrected chi connectivity index (χ2v) is 8.89. The van der Waals surface area contributed by atoms with Crippen LogP contribution in [0.4, 0.5) is 10.1 Å². The molecule has 0 heterocycles. The molecule has 0 aliphatic rings. The molecule has 152 valence electrons. The molecule has 2 atom stereocenters. The van der Waals surface area contributed by atoms with Gasteiger partial charge in [0.1, 0.15) is 11.9 Å².